The number of halogens is 4. The fourth-order valence-electron chi connectivity index (χ4n) is 4.27. The highest BCUT2D eigenvalue weighted by Crippen LogP contribution is 2.37. The van der Waals surface area contributed by atoms with Crippen LogP contribution in [0.3, 0.4) is 0 Å². The van der Waals surface area contributed by atoms with Gasteiger partial charge in [-0.2, -0.15) is 18.3 Å². The topological polar surface area (TPSA) is 119 Å². The minimum absolute atomic E-state index is 0.313. The summed E-state index contributed by atoms with van der Waals surface area (Å²) in [5.74, 6) is -1.95. The number of rotatable bonds is 6. The third-order valence-corrected chi connectivity index (χ3v) is 6.31. The van der Waals surface area contributed by atoms with Gasteiger partial charge in [-0.3, -0.25) is 0 Å². The van der Waals surface area contributed by atoms with Crippen molar-refractivity contribution in [2.45, 2.75) is 6.18 Å². The van der Waals surface area contributed by atoms with Crippen LogP contribution in [0.4, 0.5) is 34.8 Å². The number of carboxylic acids is 1. The molecule has 0 atom stereocenters. The minimum atomic E-state index is -5.08. The molecule has 3 aromatic heterocycles. The second kappa shape index (κ2) is 12.7. The van der Waals surface area contributed by atoms with Gasteiger partial charge in [-0.05, 0) is 60.2 Å². The van der Waals surface area contributed by atoms with Crippen LogP contribution >= 0.6 is 0 Å². The van der Waals surface area contributed by atoms with Crippen LogP contribution in [0.15, 0.2) is 89.8 Å². The minimum Gasteiger partial charge on any atom is -0.475 e. The number of carboxylic acid groups (broad SMARTS) is 1. The molecule has 6 rings (SSSR count). The van der Waals surface area contributed by atoms with Crippen LogP contribution in [0.5, 0.6) is 0 Å². The molecule has 10 nitrogen and oxygen atoms in total. The van der Waals surface area contributed by atoms with E-state index >= 15 is 0 Å². The maximum atomic E-state index is 13.6. The van der Waals surface area contributed by atoms with E-state index in [0.717, 1.165) is 43.1 Å². The maximum Gasteiger partial charge on any atom is 0.490 e. The van der Waals surface area contributed by atoms with Crippen LogP contribution < -0.4 is 10.2 Å². The van der Waals surface area contributed by atoms with Gasteiger partial charge in [0.15, 0.2) is 0 Å². The second-order valence-corrected chi connectivity index (χ2v) is 9.17. The molecule has 0 aliphatic carbocycles. The number of hydrogen-bond donors (Lipinski definition) is 2. The van der Waals surface area contributed by atoms with Gasteiger partial charge < -0.3 is 24.6 Å². The predicted octanol–water partition coefficient (Wildman–Crippen LogP) is 5.94. The molecule has 0 spiro atoms. The lowest BCUT2D eigenvalue weighted by atomic mass is 10.0. The number of anilines is 3. The van der Waals surface area contributed by atoms with Gasteiger partial charge in [0.05, 0.1) is 18.8 Å². The fourth-order valence-corrected chi connectivity index (χ4v) is 4.27. The summed E-state index contributed by atoms with van der Waals surface area (Å²) in [4.78, 5) is 15.7. The molecule has 0 bridgehead atoms. The van der Waals surface area contributed by atoms with E-state index in [0.29, 0.717) is 23.0 Å². The number of alkyl halides is 3. The Balaban J connectivity index is 0.000000472. The number of carbonyl (C=O) groups is 1. The summed E-state index contributed by atoms with van der Waals surface area (Å²) in [6.45, 7) is 3.29. The average molecular weight is 597 g/mol. The molecule has 222 valence electrons. The van der Waals surface area contributed by atoms with Crippen molar-refractivity contribution in [3.05, 3.63) is 91.1 Å². The molecule has 4 heterocycles. The molecule has 1 aliphatic rings. The average Bonchev–Trinajstić information content (AvgIpc) is 3.69. The zero-order valence-electron chi connectivity index (χ0n) is 22.3. The van der Waals surface area contributed by atoms with Crippen molar-refractivity contribution < 1.29 is 36.7 Å². The van der Waals surface area contributed by atoms with Crippen molar-refractivity contribution in [2.24, 2.45) is 0 Å². The lowest BCUT2D eigenvalue weighted by Gasteiger charge is -2.28. The Kier molecular flexibility index (Phi) is 8.66. The third kappa shape index (κ3) is 7.16. The highest BCUT2D eigenvalue weighted by atomic mass is 19.4. The number of pyridine rings is 1. The van der Waals surface area contributed by atoms with Crippen molar-refractivity contribution in [3.63, 3.8) is 0 Å². The first kappa shape index (κ1) is 29.3. The summed E-state index contributed by atoms with van der Waals surface area (Å²) in [5.41, 5.74) is 4.99. The summed E-state index contributed by atoms with van der Waals surface area (Å²) < 4.78 is 58.1. The first-order valence-electron chi connectivity index (χ1n) is 12.9. The largest absolute Gasteiger partial charge is 0.490 e. The van der Waals surface area contributed by atoms with Crippen LogP contribution in [0.2, 0.25) is 0 Å². The maximum absolute atomic E-state index is 13.6. The summed E-state index contributed by atoms with van der Waals surface area (Å²) >= 11 is 0. The zero-order valence-corrected chi connectivity index (χ0v) is 22.3. The Morgan fingerprint density at radius 1 is 0.953 bits per heavy atom. The second-order valence-electron chi connectivity index (χ2n) is 9.17. The molecule has 2 N–H and O–H groups in total. The molecule has 0 unspecified atom stereocenters. The van der Waals surface area contributed by atoms with Crippen LogP contribution in [-0.4, -0.2) is 63.5 Å². The number of benzene rings is 2. The molecule has 0 amide bonds. The monoisotopic (exact) mass is 596 g/mol. The van der Waals surface area contributed by atoms with E-state index in [9.17, 15) is 17.6 Å². The van der Waals surface area contributed by atoms with Gasteiger partial charge in [-0.25, -0.2) is 18.9 Å². The normalized spacial score (nSPS) is 13.3. The first-order valence-corrected chi connectivity index (χ1v) is 12.9. The smallest absolute Gasteiger partial charge is 0.475 e. The third-order valence-electron chi connectivity index (χ3n) is 6.31. The molecule has 1 fully saturated rings. The zero-order chi connectivity index (χ0) is 30.4. The highest BCUT2D eigenvalue weighted by molar-refractivity contribution is 5.85. The summed E-state index contributed by atoms with van der Waals surface area (Å²) in [7, 11) is 0. The number of aliphatic carboxylic acids is 1. The van der Waals surface area contributed by atoms with Crippen LogP contribution in [0, 0.1) is 5.82 Å². The lowest BCUT2D eigenvalue weighted by Crippen LogP contribution is -2.36. The van der Waals surface area contributed by atoms with E-state index in [-0.39, 0.29) is 5.82 Å². The Bertz CT molecular complexity index is 1650. The number of aromatic nitrogens is 4. The molecule has 5 aromatic rings. The highest BCUT2D eigenvalue weighted by Gasteiger charge is 2.38. The van der Waals surface area contributed by atoms with E-state index < -0.39 is 12.1 Å². The quantitative estimate of drug-likeness (QED) is 0.230. The van der Waals surface area contributed by atoms with Crippen molar-refractivity contribution in [1.29, 1.82) is 0 Å². The predicted molar refractivity (Wildman–Crippen MR) is 149 cm³/mol. The molecule has 43 heavy (non-hydrogen) atoms. The Labute approximate surface area is 242 Å². The van der Waals surface area contributed by atoms with Gasteiger partial charge in [-0.15, -0.1) is 0 Å². The fraction of sp³-hybridized carbons (Fsp3) is 0.172. The molecule has 1 saturated heterocycles. The molecular weight excluding hydrogens is 572 g/mol. The summed E-state index contributed by atoms with van der Waals surface area (Å²) in [6.07, 6.45) is 0.0727. The van der Waals surface area contributed by atoms with Crippen molar-refractivity contribution in [3.8, 4) is 28.3 Å². The van der Waals surface area contributed by atoms with Crippen molar-refractivity contribution in [2.75, 3.05) is 36.5 Å². The molecule has 0 radical (unpaired) electrons. The Morgan fingerprint density at radius 2 is 1.65 bits per heavy atom. The number of ether oxygens (including phenoxy) is 1. The number of nitrogens with one attached hydrogen (secondary N) is 1. The van der Waals surface area contributed by atoms with Gasteiger partial charge in [0.25, 0.3) is 5.88 Å². The SMILES string of the molecule is Fc1ccc(-c2c(-c3ccnc(Nc4ccc(N5CCOCC5)cc4)c3)noc2-n2cccn2)cc1.O=C(O)C(F)(F)F. The van der Waals surface area contributed by atoms with E-state index in [1.807, 2.05) is 24.3 Å². The van der Waals surface area contributed by atoms with E-state index in [2.05, 4.69) is 37.6 Å². The lowest BCUT2D eigenvalue weighted by molar-refractivity contribution is -0.192. The van der Waals surface area contributed by atoms with Crippen LogP contribution in [0.25, 0.3) is 28.3 Å². The first-order chi connectivity index (χ1) is 20.7. The van der Waals surface area contributed by atoms with Gasteiger partial charge in [0, 0.05) is 48.6 Å². The van der Waals surface area contributed by atoms with Gasteiger partial charge in [0.2, 0.25) is 0 Å². The van der Waals surface area contributed by atoms with Crippen LogP contribution in [-0.2, 0) is 9.53 Å². The molecule has 2 aromatic carbocycles. The van der Waals surface area contributed by atoms with E-state index in [1.54, 1.807) is 41.5 Å². The van der Waals surface area contributed by atoms with E-state index in [4.69, 9.17) is 19.2 Å². The van der Waals surface area contributed by atoms with Crippen molar-refractivity contribution in [1.82, 2.24) is 19.9 Å². The molecular formula is C29H24F4N6O4. The van der Waals surface area contributed by atoms with Gasteiger partial charge in [0.1, 0.15) is 17.3 Å². The molecule has 1 aliphatic heterocycles. The van der Waals surface area contributed by atoms with Gasteiger partial charge in [-0.1, -0.05) is 17.3 Å². The standard InChI is InChI=1S/C27H23FN6O2.C2HF3O2/c28-21-4-2-19(3-5-21)25-26(32-36-27(25)34-13-1-11-30-34)20-10-12-29-24(18-20)31-22-6-8-23(9-7-22)33-14-16-35-17-15-33;3-2(4,5)1(6)7/h1-13,18H,14-17H2,(H,29,31);(H,6,7). The molecule has 0 saturated carbocycles. The molecule has 14 heteroatoms. The number of nitrogens with zero attached hydrogens (tertiary/aromatic N) is 5. The van der Waals surface area contributed by atoms with Crippen LogP contribution in [0.1, 0.15) is 0 Å². The Hall–Kier alpha value is -5.24. The number of hydrogen-bond acceptors (Lipinski definition) is 8. The van der Waals surface area contributed by atoms with Crippen molar-refractivity contribution >= 4 is 23.2 Å². The summed E-state index contributed by atoms with van der Waals surface area (Å²) in [6, 6.07) is 20.1. The van der Waals surface area contributed by atoms with E-state index in [1.165, 1.54) is 17.8 Å². The summed E-state index contributed by atoms with van der Waals surface area (Å²) in [5, 5.41) is 19.1. The number of morpholine rings is 1. The van der Waals surface area contributed by atoms with Gasteiger partial charge >= 0.3 is 12.1 Å². The Morgan fingerprint density at radius 3 is 2.28 bits per heavy atom.